The Hall–Kier alpha value is -2.18. The molecule has 0 saturated heterocycles. The summed E-state index contributed by atoms with van der Waals surface area (Å²) in [5, 5.41) is 19.8. The second-order valence-corrected chi connectivity index (χ2v) is 13.3. The molecular formula is C41H72O6. The summed E-state index contributed by atoms with van der Waals surface area (Å²) < 4.78 is 10.3. The average Bonchev–Trinajstić information content (AvgIpc) is 3.05. The fraction of sp³-hybridized carbons (Fsp3) is 0.756. The van der Waals surface area contributed by atoms with Crippen LogP contribution in [0.25, 0.3) is 0 Å². The number of aliphatic hydroxyl groups is 2. The Morgan fingerprint density at radius 3 is 1.51 bits per heavy atom. The first-order valence-corrected chi connectivity index (χ1v) is 19.1. The van der Waals surface area contributed by atoms with Crippen molar-refractivity contribution in [2.24, 2.45) is 5.92 Å². The van der Waals surface area contributed by atoms with Gasteiger partial charge >= 0.3 is 11.9 Å². The van der Waals surface area contributed by atoms with E-state index in [9.17, 15) is 19.8 Å². The summed E-state index contributed by atoms with van der Waals surface area (Å²) >= 11 is 0. The van der Waals surface area contributed by atoms with Gasteiger partial charge in [-0.1, -0.05) is 159 Å². The summed E-state index contributed by atoms with van der Waals surface area (Å²) in [7, 11) is 0. The molecule has 0 rings (SSSR count). The SMILES string of the molecule is CCCC[C@H](O)/C=C\C/C=C\C/C=C\C/C=C\CCCC(=O)OC[C@H](O)COC(=O)CCCCCCCCCCCCCCC(C)C. The molecule has 0 aliphatic rings. The highest BCUT2D eigenvalue weighted by Crippen LogP contribution is 2.14. The predicted molar refractivity (Wildman–Crippen MR) is 197 cm³/mol. The first-order valence-electron chi connectivity index (χ1n) is 19.1. The van der Waals surface area contributed by atoms with Gasteiger partial charge in [-0.3, -0.25) is 9.59 Å². The Bertz CT molecular complexity index is 828. The van der Waals surface area contributed by atoms with E-state index in [-0.39, 0.29) is 31.3 Å². The highest BCUT2D eigenvalue weighted by Gasteiger charge is 2.12. The zero-order valence-corrected chi connectivity index (χ0v) is 30.6. The van der Waals surface area contributed by atoms with E-state index < -0.39 is 6.10 Å². The molecule has 0 aliphatic carbocycles. The molecule has 0 aliphatic heterocycles. The molecule has 0 fully saturated rings. The van der Waals surface area contributed by atoms with Gasteiger partial charge in [0.05, 0.1) is 6.10 Å². The van der Waals surface area contributed by atoms with E-state index in [1.54, 1.807) is 0 Å². The van der Waals surface area contributed by atoms with Crippen LogP contribution in [0, 0.1) is 5.92 Å². The van der Waals surface area contributed by atoms with Crippen LogP contribution >= 0.6 is 0 Å². The maximum Gasteiger partial charge on any atom is 0.305 e. The van der Waals surface area contributed by atoms with Crippen molar-refractivity contribution in [2.75, 3.05) is 13.2 Å². The molecule has 6 nitrogen and oxygen atoms in total. The first kappa shape index (κ1) is 44.8. The zero-order chi connectivity index (χ0) is 34.6. The maximum absolute atomic E-state index is 11.9. The van der Waals surface area contributed by atoms with Crippen molar-refractivity contribution in [2.45, 2.75) is 181 Å². The van der Waals surface area contributed by atoms with Crippen molar-refractivity contribution in [1.29, 1.82) is 0 Å². The summed E-state index contributed by atoms with van der Waals surface area (Å²) in [5.41, 5.74) is 0. The summed E-state index contributed by atoms with van der Waals surface area (Å²) in [4.78, 5) is 23.9. The lowest BCUT2D eigenvalue weighted by Crippen LogP contribution is -2.25. The number of esters is 2. The summed E-state index contributed by atoms with van der Waals surface area (Å²) in [6, 6.07) is 0. The lowest BCUT2D eigenvalue weighted by atomic mass is 10.0. The molecule has 6 heteroatoms. The lowest BCUT2D eigenvalue weighted by Gasteiger charge is -2.12. The van der Waals surface area contributed by atoms with Crippen LogP contribution in [0.1, 0.15) is 168 Å². The van der Waals surface area contributed by atoms with E-state index in [2.05, 4.69) is 57.2 Å². The van der Waals surface area contributed by atoms with Crippen molar-refractivity contribution in [1.82, 2.24) is 0 Å². The van der Waals surface area contributed by atoms with Gasteiger partial charge in [0.2, 0.25) is 0 Å². The maximum atomic E-state index is 11.9. The molecule has 0 radical (unpaired) electrons. The number of hydrogen-bond acceptors (Lipinski definition) is 6. The fourth-order valence-electron chi connectivity index (χ4n) is 5.10. The predicted octanol–water partition coefficient (Wildman–Crippen LogP) is 10.7. The molecule has 0 aromatic rings. The average molecular weight is 661 g/mol. The van der Waals surface area contributed by atoms with Crippen LogP contribution in [-0.2, 0) is 19.1 Å². The van der Waals surface area contributed by atoms with Crippen molar-refractivity contribution in [3.05, 3.63) is 48.6 Å². The minimum Gasteiger partial charge on any atom is -0.463 e. The standard InChI is InChI=1S/C41H72O6/c1-4-5-31-38(42)32-27-23-19-15-11-7-9-13-17-21-25-29-34-41(45)47-36-39(43)35-46-40(44)33-28-24-20-16-12-8-6-10-14-18-22-26-30-37(2)3/h7,9,15,17,19,21,27,32,37-39,42-43H,4-6,8,10-14,16,18,20,22-26,28-31,33-36H2,1-3H3/b9-7-,19-15-,21-17-,32-27-/t38-,39+/m0/s1. The number of carbonyl (C=O) groups is 2. The molecule has 0 aromatic heterocycles. The third kappa shape index (κ3) is 36.5. The molecule has 0 unspecified atom stereocenters. The Morgan fingerprint density at radius 2 is 1.00 bits per heavy atom. The molecule has 0 bridgehead atoms. The van der Waals surface area contributed by atoms with Crippen LogP contribution < -0.4 is 0 Å². The molecule has 0 heterocycles. The second-order valence-electron chi connectivity index (χ2n) is 13.3. The van der Waals surface area contributed by atoms with Crippen molar-refractivity contribution >= 4 is 11.9 Å². The lowest BCUT2D eigenvalue weighted by molar-refractivity contribution is -0.152. The number of carbonyl (C=O) groups excluding carboxylic acids is 2. The third-order valence-electron chi connectivity index (χ3n) is 8.07. The Kier molecular flexibility index (Phi) is 33.5. The van der Waals surface area contributed by atoms with E-state index in [1.807, 2.05) is 12.2 Å². The zero-order valence-electron chi connectivity index (χ0n) is 30.6. The van der Waals surface area contributed by atoms with E-state index in [0.29, 0.717) is 19.3 Å². The number of rotatable bonds is 33. The Labute approximate surface area is 289 Å². The van der Waals surface area contributed by atoms with Crippen LogP contribution in [0.3, 0.4) is 0 Å². The number of aliphatic hydroxyl groups excluding tert-OH is 2. The second kappa shape index (κ2) is 35.1. The highest BCUT2D eigenvalue weighted by molar-refractivity contribution is 5.69. The smallest absolute Gasteiger partial charge is 0.305 e. The number of allylic oxidation sites excluding steroid dienone is 7. The van der Waals surface area contributed by atoms with Crippen LogP contribution in [-0.4, -0.2) is 47.6 Å². The van der Waals surface area contributed by atoms with Gasteiger partial charge in [-0.25, -0.2) is 0 Å². The molecular weight excluding hydrogens is 588 g/mol. The summed E-state index contributed by atoms with van der Waals surface area (Å²) in [6.45, 7) is 6.43. The van der Waals surface area contributed by atoms with Crippen LogP contribution in [0.2, 0.25) is 0 Å². The van der Waals surface area contributed by atoms with Crippen LogP contribution in [0.4, 0.5) is 0 Å². The molecule has 0 saturated carbocycles. The molecule has 47 heavy (non-hydrogen) atoms. The minimum atomic E-state index is -0.996. The van der Waals surface area contributed by atoms with Crippen molar-refractivity contribution < 1.29 is 29.3 Å². The number of hydrogen-bond donors (Lipinski definition) is 2. The van der Waals surface area contributed by atoms with Gasteiger partial charge in [0, 0.05) is 12.8 Å². The number of ether oxygens (including phenoxy) is 2. The molecule has 0 spiro atoms. The topological polar surface area (TPSA) is 93.1 Å². The highest BCUT2D eigenvalue weighted by atomic mass is 16.6. The van der Waals surface area contributed by atoms with Gasteiger partial charge < -0.3 is 19.7 Å². The fourth-order valence-corrected chi connectivity index (χ4v) is 5.10. The Balaban J connectivity index is 3.57. The number of unbranched alkanes of at least 4 members (excludes halogenated alkanes) is 13. The van der Waals surface area contributed by atoms with Gasteiger partial charge in [0.25, 0.3) is 0 Å². The summed E-state index contributed by atoms with van der Waals surface area (Å²) in [5.74, 6) is 0.184. The minimum absolute atomic E-state index is 0.143. The van der Waals surface area contributed by atoms with Gasteiger partial charge in [-0.05, 0) is 50.9 Å². The monoisotopic (exact) mass is 661 g/mol. The molecule has 272 valence electrons. The van der Waals surface area contributed by atoms with E-state index in [0.717, 1.165) is 70.1 Å². The van der Waals surface area contributed by atoms with Crippen LogP contribution in [0.15, 0.2) is 48.6 Å². The first-order chi connectivity index (χ1) is 22.8. The molecule has 2 atom stereocenters. The van der Waals surface area contributed by atoms with E-state index >= 15 is 0 Å². The van der Waals surface area contributed by atoms with Crippen molar-refractivity contribution in [3.8, 4) is 0 Å². The van der Waals surface area contributed by atoms with Crippen molar-refractivity contribution in [3.63, 3.8) is 0 Å². The molecule has 2 N–H and O–H groups in total. The molecule has 0 aromatic carbocycles. The van der Waals surface area contributed by atoms with E-state index in [1.165, 1.54) is 64.2 Å². The van der Waals surface area contributed by atoms with Crippen LogP contribution in [0.5, 0.6) is 0 Å². The summed E-state index contributed by atoms with van der Waals surface area (Å²) in [6.07, 6.45) is 39.3. The normalized spacial score (nSPS) is 13.5. The third-order valence-corrected chi connectivity index (χ3v) is 8.07. The van der Waals surface area contributed by atoms with Gasteiger partial charge in [0.15, 0.2) is 0 Å². The quantitative estimate of drug-likeness (QED) is 0.0413. The van der Waals surface area contributed by atoms with E-state index in [4.69, 9.17) is 9.47 Å². The largest absolute Gasteiger partial charge is 0.463 e. The van der Waals surface area contributed by atoms with Gasteiger partial charge in [0.1, 0.15) is 19.3 Å². The molecule has 0 amide bonds. The van der Waals surface area contributed by atoms with Gasteiger partial charge in [-0.2, -0.15) is 0 Å². The Morgan fingerprint density at radius 1 is 0.553 bits per heavy atom. The van der Waals surface area contributed by atoms with Gasteiger partial charge in [-0.15, -0.1) is 0 Å².